The average Bonchev–Trinajstić information content (AvgIpc) is 3.07. The minimum atomic E-state index is -4.60. The lowest BCUT2D eigenvalue weighted by atomic mass is 9.98. The van der Waals surface area contributed by atoms with Gasteiger partial charge in [-0.3, -0.25) is 10.6 Å². The van der Waals surface area contributed by atoms with E-state index in [1.807, 2.05) is 20.8 Å². The zero-order valence-corrected chi connectivity index (χ0v) is 27.9. The summed E-state index contributed by atoms with van der Waals surface area (Å²) in [5, 5.41) is 4.52. The monoisotopic (exact) mass is 728 g/mol. The van der Waals surface area contributed by atoms with Crippen molar-refractivity contribution < 1.29 is 64.4 Å². The molecule has 1 fully saturated rings. The van der Waals surface area contributed by atoms with Crippen LogP contribution in [0.25, 0.3) is 0 Å². The van der Waals surface area contributed by atoms with Gasteiger partial charge in [-0.25, -0.2) is 22.8 Å². The van der Waals surface area contributed by atoms with Crippen molar-refractivity contribution in [3.05, 3.63) is 95.3 Å². The van der Waals surface area contributed by atoms with E-state index in [9.17, 15) is 35.9 Å². The van der Waals surface area contributed by atoms with E-state index in [4.69, 9.17) is 28.4 Å². The van der Waals surface area contributed by atoms with Crippen molar-refractivity contribution in [2.75, 3.05) is 30.5 Å². The van der Waals surface area contributed by atoms with Crippen LogP contribution in [0.1, 0.15) is 38.3 Å². The lowest BCUT2D eigenvalue weighted by molar-refractivity contribution is -0.318. The molecule has 0 bridgehead atoms. The van der Waals surface area contributed by atoms with Crippen LogP contribution >= 0.6 is 0 Å². The van der Waals surface area contributed by atoms with Crippen LogP contribution in [0.15, 0.2) is 66.7 Å². The van der Waals surface area contributed by atoms with Gasteiger partial charge in [0.1, 0.15) is 42.4 Å². The van der Waals surface area contributed by atoms with Gasteiger partial charge < -0.3 is 28.4 Å². The van der Waals surface area contributed by atoms with E-state index in [0.29, 0.717) is 18.1 Å². The fraction of sp³-hybridized carbons (Fsp3) is 0.429. The van der Waals surface area contributed by atoms with Gasteiger partial charge in [0.25, 0.3) is 0 Å². The third-order valence-corrected chi connectivity index (χ3v) is 7.30. The Bertz CT molecular complexity index is 1580. The molecule has 4 rings (SSSR count). The molecule has 3 aromatic rings. The molecule has 5 atom stereocenters. The van der Waals surface area contributed by atoms with Crippen molar-refractivity contribution >= 4 is 23.6 Å². The number of ether oxygens (including phenoxy) is 6. The lowest BCUT2D eigenvalue weighted by Gasteiger charge is -2.45. The largest absolute Gasteiger partial charge is 0.446 e. The zero-order valence-electron chi connectivity index (χ0n) is 27.9. The van der Waals surface area contributed by atoms with Crippen molar-refractivity contribution in [3.8, 4) is 0 Å². The Kier molecular flexibility index (Phi) is 14.1. The molecular weight excluding hydrogens is 690 g/mol. The molecule has 0 aromatic heterocycles. The van der Waals surface area contributed by atoms with Crippen LogP contribution in [0.2, 0.25) is 0 Å². The van der Waals surface area contributed by atoms with Gasteiger partial charge in [-0.05, 0) is 66.4 Å². The number of hydrogen-bond acceptors (Lipinski definition) is 8. The van der Waals surface area contributed by atoms with Gasteiger partial charge in [0.2, 0.25) is 0 Å². The highest BCUT2D eigenvalue weighted by molar-refractivity contribution is 5.85. The first kappa shape index (κ1) is 39.4. The number of alkyl halides is 3. The van der Waals surface area contributed by atoms with E-state index in [1.54, 1.807) is 0 Å². The highest BCUT2D eigenvalue weighted by Crippen LogP contribution is 2.32. The van der Waals surface area contributed by atoms with Gasteiger partial charge in [-0.15, -0.1) is 0 Å². The number of benzene rings is 3. The maximum atomic E-state index is 14.2. The summed E-state index contributed by atoms with van der Waals surface area (Å²) in [4.78, 5) is 25.9. The number of rotatable bonds is 14. The highest BCUT2D eigenvalue weighted by Gasteiger charge is 2.51. The van der Waals surface area contributed by atoms with E-state index in [-0.39, 0.29) is 37.1 Å². The van der Waals surface area contributed by atoms with Gasteiger partial charge in [0.15, 0.2) is 12.4 Å². The lowest BCUT2D eigenvalue weighted by Crippen LogP contribution is -2.62. The molecule has 0 aliphatic carbocycles. The van der Waals surface area contributed by atoms with Crippen LogP contribution in [0.5, 0.6) is 0 Å². The Morgan fingerprint density at radius 1 is 0.824 bits per heavy atom. The molecule has 2 amide bonds. The summed E-state index contributed by atoms with van der Waals surface area (Å²) in [6.45, 7) is 5.24. The second kappa shape index (κ2) is 18.2. The summed E-state index contributed by atoms with van der Waals surface area (Å²) < 4.78 is 116. The van der Waals surface area contributed by atoms with Crippen molar-refractivity contribution in [1.29, 1.82) is 0 Å². The minimum absolute atomic E-state index is 0.0218. The predicted molar refractivity (Wildman–Crippen MR) is 171 cm³/mol. The SMILES string of the molecule is CCCO[C@@H]1[C@@H](OCc2ccc(F)cc2)[C@H](OCC(C)C)O[C@H](COC(=O)Nc2ccc(F)cc2F)[C@H]1OC(=O)Nc1ccc(C(F)(F)F)cc1. The van der Waals surface area contributed by atoms with E-state index in [2.05, 4.69) is 10.6 Å². The zero-order chi connectivity index (χ0) is 37.1. The molecule has 1 aliphatic heterocycles. The quantitative estimate of drug-likeness (QED) is 0.160. The molecule has 3 aromatic carbocycles. The maximum absolute atomic E-state index is 14.2. The first-order valence-electron chi connectivity index (χ1n) is 16.0. The topological polar surface area (TPSA) is 114 Å². The highest BCUT2D eigenvalue weighted by atomic mass is 19.4. The molecule has 0 unspecified atom stereocenters. The molecule has 1 saturated heterocycles. The van der Waals surface area contributed by atoms with Gasteiger partial charge in [-0.2, -0.15) is 13.2 Å². The summed E-state index contributed by atoms with van der Waals surface area (Å²) in [6, 6.07) is 11.6. The third kappa shape index (κ3) is 11.8. The maximum Gasteiger partial charge on any atom is 0.416 e. The number of anilines is 2. The van der Waals surface area contributed by atoms with E-state index < -0.39 is 78.7 Å². The Balaban J connectivity index is 1.61. The Morgan fingerprint density at radius 3 is 2.14 bits per heavy atom. The summed E-state index contributed by atoms with van der Waals surface area (Å²) in [6.07, 6.45) is -12.4. The summed E-state index contributed by atoms with van der Waals surface area (Å²) in [5.74, 6) is -2.35. The first-order valence-corrected chi connectivity index (χ1v) is 16.0. The smallest absolute Gasteiger partial charge is 0.416 e. The molecular formula is C35H38F6N2O8. The molecule has 2 N–H and O–H groups in total. The predicted octanol–water partition coefficient (Wildman–Crippen LogP) is 8.07. The van der Waals surface area contributed by atoms with Gasteiger partial charge in [0.05, 0.1) is 24.5 Å². The molecule has 1 aliphatic rings. The molecule has 10 nitrogen and oxygen atoms in total. The van der Waals surface area contributed by atoms with Crippen molar-refractivity contribution in [3.63, 3.8) is 0 Å². The Hall–Kier alpha value is -4.38. The number of amides is 2. The molecule has 51 heavy (non-hydrogen) atoms. The fourth-order valence-electron chi connectivity index (χ4n) is 4.88. The molecule has 16 heteroatoms. The van der Waals surface area contributed by atoms with Crippen LogP contribution in [0, 0.1) is 23.4 Å². The normalized spacial score (nSPS) is 20.5. The van der Waals surface area contributed by atoms with E-state index >= 15 is 0 Å². The standard InChI is InChI=1S/C35H38F6N2O8/c1-4-15-46-30-29(51-34(45)42-25-12-7-22(8-13-25)35(39,40)41)28(19-49-33(44)43-27-14-11-24(37)16-26(27)38)50-32(48-17-20(2)3)31(30)47-18-21-5-9-23(36)10-6-21/h5-14,16,20,28-32H,4,15,17-19H2,1-3H3,(H,42,45)(H,43,44)/t28-,29-,30+,31-,32-/m1/s1. The summed E-state index contributed by atoms with van der Waals surface area (Å²) >= 11 is 0. The molecule has 1 heterocycles. The Labute approximate surface area is 290 Å². The fourth-order valence-corrected chi connectivity index (χ4v) is 4.88. The second-order valence-corrected chi connectivity index (χ2v) is 11.9. The molecule has 0 radical (unpaired) electrons. The average molecular weight is 729 g/mol. The van der Waals surface area contributed by atoms with Gasteiger partial charge in [-0.1, -0.05) is 32.9 Å². The number of nitrogens with one attached hydrogen (secondary N) is 2. The van der Waals surface area contributed by atoms with Crippen LogP contribution in [0.3, 0.4) is 0 Å². The van der Waals surface area contributed by atoms with Crippen LogP contribution < -0.4 is 10.6 Å². The van der Waals surface area contributed by atoms with Gasteiger partial charge >= 0.3 is 18.4 Å². The number of carbonyl (C=O) groups is 2. The summed E-state index contributed by atoms with van der Waals surface area (Å²) in [5.41, 5.74) is -0.738. The van der Waals surface area contributed by atoms with Crippen LogP contribution in [-0.2, 0) is 41.2 Å². The van der Waals surface area contributed by atoms with Crippen molar-refractivity contribution in [2.45, 2.75) is 70.7 Å². The number of carbonyl (C=O) groups excluding carboxylic acids is 2. The Morgan fingerprint density at radius 2 is 1.51 bits per heavy atom. The van der Waals surface area contributed by atoms with Crippen LogP contribution in [-0.4, -0.2) is 62.7 Å². The van der Waals surface area contributed by atoms with Gasteiger partial charge in [0, 0.05) is 18.4 Å². The molecule has 0 spiro atoms. The van der Waals surface area contributed by atoms with E-state index in [1.165, 1.54) is 24.3 Å². The van der Waals surface area contributed by atoms with Crippen molar-refractivity contribution in [1.82, 2.24) is 0 Å². The minimum Gasteiger partial charge on any atom is -0.446 e. The number of hydrogen-bond donors (Lipinski definition) is 2. The van der Waals surface area contributed by atoms with Crippen molar-refractivity contribution in [2.24, 2.45) is 5.92 Å². The first-order chi connectivity index (χ1) is 24.2. The summed E-state index contributed by atoms with van der Waals surface area (Å²) in [7, 11) is 0. The number of halogens is 6. The van der Waals surface area contributed by atoms with Crippen LogP contribution in [0.4, 0.5) is 47.3 Å². The van der Waals surface area contributed by atoms with E-state index in [0.717, 1.165) is 36.4 Å². The molecule has 0 saturated carbocycles. The second-order valence-electron chi connectivity index (χ2n) is 11.9. The third-order valence-electron chi connectivity index (χ3n) is 7.30. The molecule has 278 valence electrons.